The molecule has 0 aliphatic heterocycles. The van der Waals surface area contributed by atoms with E-state index >= 15 is 0 Å². The van der Waals surface area contributed by atoms with Crippen LogP contribution in [0.3, 0.4) is 0 Å². The predicted octanol–water partition coefficient (Wildman–Crippen LogP) is 3.64. The summed E-state index contributed by atoms with van der Waals surface area (Å²) in [5.74, 6) is -0.791. The van der Waals surface area contributed by atoms with Crippen LogP contribution in [0.1, 0.15) is 33.3 Å². The minimum absolute atomic E-state index is 0.105. The number of benzene rings is 1. The van der Waals surface area contributed by atoms with Gasteiger partial charge in [-0.2, -0.15) is 0 Å². The number of aromatic nitrogens is 1. The van der Waals surface area contributed by atoms with Crippen LogP contribution in [0.15, 0.2) is 36.5 Å². The SMILES string of the molecule is CCOC(=O)[C@H](Cc1ccc(Nc2ncc([N+](=O)[O-])cc2[N+](=O)[O-])cc1)NC(=O)OC(C)(C)C. The Kier molecular flexibility index (Phi) is 8.42. The van der Waals surface area contributed by atoms with Crippen LogP contribution in [0, 0.1) is 20.2 Å². The Morgan fingerprint density at radius 1 is 1.12 bits per heavy atom. The second kappa shape index (κ2) is 11.0. The van der Waals surface area contributed by atoms with Gasteiger partial charge in [0.05, 0.1) is 22.5 Å². The van der Waals surface area contributed by atoms with Gasteiger partial charge in [0.25, 0.3) is 5.69 Å². The first-order valence-electron chi connectivity index (χ1n) is 10.2. The average Bonchev–Trinajstić information content (AvgIpc) is 2.73. The fourth-order valence-electron chi connectivity index (χ4n) is 2.76. The van der Waals surface area contributed by atoms with E-state index < -0.39 is 44.9 Å². The smallest absolute Gasteiger partial charge is 0.408 e. The second-order valence-corrected chi connectivity index (χ2v) is 8.05. The van der Waals surface area contributed by atoms with E-state index in [0.717, 1.165) is 12.3 Å². The Morgan fingerprint density at radius 3 is 2.29 bits per heavy atom. The third kappa shape index (κ3) is 7.69. The van der Waals surface area contributed by atoms with E-state index in [0.29, 0.717) is 11.3 Å². The van der Waals surface area contributed by atoms with Crippen molar-refractivity contribution in [3.05, 3.63) is 62.3 Å². The maximum Gasteiger partial charge on any atom is 0.408 e. The Morgan fingerprint density at radius 2 is 1.76 bits per heavy atom. The number of carbonyl (C=O) groups excluding carboxylic acids is 2. The summed E-state index contributed by atoms with van der Waals surface area (Å²) in [6, 6.07) is 6.27. The highest BCUT2D eigenvalue weighted by Crippen LogP contribution is 2.29. The zero-order chi connectivity index (χ0) is 25.5. The number of nitrogens with zero attached hydrogens (tertiary/aromatic N) is 3. The highest BCUT2D eigenvalue weighted by atomic mass is 16.6. The van der Waals surface area contributed by atoms with Crippen LogP contribution in [-0.4, -0.2) is 45.1 Å². The molecule has 0 unspecified atom stereocenters. The second-order valence-electron chi connectivity index (χ2n) is 8.05. The lowest BCUT2D eigenvalue weighted by Crippen LogP contribution is -2.45. The van der Waals surface area contributed by atoms with Crippen LogP contribution >= 0.6 is 0 Å². The van der Waals surface area contributed by atoms with Gasteiger partial charge in [-0.05, 0) is 45.4 Å². The van der Waals surface area contributed by atoms with Crippen molar-refractivity contribution >= 4 is 34.9 Å². The molecule has 0 aliphatic carbocycles. The first kappa shape index (κ1) is 26.0. The van der Waals surface area contributed by atoms with Gasteiger partial charge in [0, 0.05) is 12.1 Å². The van der Waals surface area contributed by atoms with E-state index in [1.807, 2.05) is 0 Å². The molecule has 0 saturated carbocycles. The normalized spacial score (nSPS) is 11.8. The van der Waals surface area contributed by atoms with Crippen molar-refractivity contribution in [1.29, 1.82) is 0 Å². The lowest BCUT2D eigenvalue weighted by Gasteiger charge is -2.23. The number of rotatable bonds is 9. The van der Waals surface area contributed by atoms with Gasteiger partial charge >= 0.3 is 17.7 Å². The number of carbonyl (C=O) groups is 2. The summed E-state index contributed by atoms with van der Waals surface area (Å²) in [5.41, 5.74) is -0.727. The molecule has 1 atom stereocenters. The molecule has 1 amide bonds. The van der Waals surface area contributed by atoms with E-state index in [1.165, 1.54) is 0 Å². The summed E-state index contributed by atoms with van der Waals surface area (Å²) in [6.07, 6.45) is 0.255. The minimum Gasteiger partial charge on any atom is -0.464 e. The molecule has 0 saturated heterocycles. The van der Waals surface area contributed by atoms with Gasteiger partial charge in [0.2, 0.25) is 5.82 Å². The molecule has 0 fully saturated rings. The Labute approximate surface area is 194 Å². The molecule has 13 nitrogen and oxygen atoms in total. The summed E-state index contributed by atoms with van der Waals surface area (Å²) >= 11 is 0. The maximum absolute atomic E-state index is 12.3. The van der Waals surface area contributed by atoms with Gasteiger partial charge in [-0.1, -0.05) is 12.1 Å². The van der Waals surface area contributed by atoms with Crippen molar-refractivity contribution in [3.63, 3.8) is 0 Å². The van der Waals surface area contributed by atoms with Crippen molar-refractivity contribution in [2.24, 2.45) is 0 Å². The Balaban J connectivity index is 2.16. The van der Waals surface area contributed by atoms with Crippen LogP contribution < -0.4 is 10.6 Å². The summed E-state index contributed by atoms with van der Waals surface area (Å²) in [5, 5.41) is 27.4. The summed E-state index contributed by atoms with van der Waals surface area (Å²) in [6.45, 7) is 6.87. The highest BCUT2D eigenvalue weighted by Gasteiger charge is 2.26. The van der Waals surface area contributed by atoms with Crippen LogP contribution in [0.2, 0.25) is 0 Å². The molecule has 34 heavy (non-hydrogen) atoms. The van der Waals surface area contributed by atoms with Gasteiger partial charge in [-0.15, -0.1) is 0 Å². The largest absolute Gasteiger partial charge is 0.464 e. The molecule has 0 radical (unpaired) electrons. The third-order valence-corrected chi connectivity index (χ3v) is 4.18. The Bertz CT molecular complexity index is 1070. The van der Waals surface area contributed by atoms with E-state index in [4.69, 9.17) is 9.47 Å². The van der Waals surface area contributed by atoms with Crippen molar-refractivity contribution in [2.75, 3.05) is 11.9 Å². The van der Waals surface area contributed by atoms with Crippen LogP contribution in [-0.2, 0) is 20.7 Å². The lowest BCUT2D eigenvalue weighted by atomic mass is 10.1. The number of alkyl carbamates (subject to hydrolysis) is 1. The first-order valence-corrected chi connectivity index (χ1v) is 10.2. The number of ether oxygens (including phenoxy) is 2. The quantitative estimate of drug-likeness (QED) is 0.309. The molecule has 1 aromatic heterocycles. The maximum atomic E-state index is 12.3. The summed E-state index contributed by atoms with van der Waals surface area (Å²) in [7, 11) is 0. The number of esters is 1. The van der Waals surface area contributed by atoms with Crippen molar-refractivity contribution in [2.45, 2.75) is 45.8 Å². The van der Waals surface area contributed by atoms with Gasteiger partial charge in [0.1, 0.15) is 17.8 Å². The molecule has 1 heterocycles. The van der Waals surface area contributed by atoms with Crippen molar-refractivity contribution in [1.82, 2.24) is 10.3 Å². The first-order chi connectivity index (χ1) is 15.9. The van der Waals surface area contributed by atoms with Gasteiger partial charge in [0.15, 0.2) is 0 Å². The number of amides is 1. The van der Waals surface area contributed by atoms with E-state index in [2.05, 4.69) is 15.6 Å². The molecule has 2 aromatic rings. The number of hydrogen-bond acceptors (Lipinski definition) is 10. The van der Waals surface area contributed by atoms with Gasteiger partial charge in [-0.3, -0.25) is 20.2 Å². The van der Waals surface area contributed by atoms with E-state index in [9.17, 15) is 29.8 Å². The predicted molar refractivity (Wildman–Crippen MR) is 121 cm³/mol. The number of nitro groups is 2. The zero-order valence-electron chi connectivity index (χ0n) is 19.1. The van der Waals surface area contributed by atoms with Crippen molar-refractivity contribution in [3.8, 4) is 0 Å². The number of pyridine rings is 1. The van der Waals surface area contributed by atoms with E-state index in [1.54, 1.807) is 52.0 Å². The van der Waals surface area contributed by atoms with Crippen LogP contribution in [0.5, 0.6) is 0 Å². The standard InChI is InChI=1S/C21H25N5O8/c1-5-33-19(27)16(24-20(28)34-21(2,3)4)10-13-6-8-14(9-7-13)23-18-17(26(31)32)11-15(12-22-18)25(29)30/h6-9,11-12,16H,5,10H2,1-4H3,(H,22,23)(H,24,28)/t16-/m0/s1. The molecule has 0 spiro atoms. The number of anilines is 2. The van der Waals surface area contributed by atoms with Crippen LogP contribution in [0.25, 0.3) is 0 Å². The van der Waals surface area contributed by atoms with Gasteiger partial charge in [-0.25, -0.2) is 14.6 Å². The molecular weight excluding hydrogens is 450 g/mol. The lowest BCUT2D eigenvalue weighted by molar-refractivity contribution is -0.394. The highest BCUT2D eigenvalue weighted by molar-refractivity contribution is 5.81. The third-order valence-electron chi connectivity index (χ3n) is 4.18. The molecule has 2 rings (SSSR count). The monoisotopic (exact) mass is 475 g/mol. The fraction of sp³-hybridized carbons (Fsp3) is 0.381. The zero-order valence-corrected chi connectivity index (χ0v) is 19.1. The van der Waals surface area contributed by atoms with E-state index in [-0.39, 0.29) is 18.8 Å². The van der Waals surface area contributed by atoms with Gasteiger partial charge < -0.3 is 20.1 Å². The number of hydrogen-bond donors (Lipinski definition) is 2. The topological polar surface area (TPSA) is 176 Å². The fourth-order valence-corrected chi connectivity index (χ4v) is 2.76. The van der Waals surface area contributed by atoms with Crippen molar-refractivity contribution < 1.29 is 28.9 Å². The molecule has 0 bridgehead atoms. The molecular formula is C21H25N5O8. The molecule has 2 N–H and O–H groups in total. The summed E-state index contributed by atoms with van der Waals surface area (Å²) in [4.78, 5) is 48.8. The number of nitrogens with one attached hydrogen (secondary N) is 2. The minimum atomic E-state index is -0.994. The average molecular weight is 475 g/mol. The van der Waals surface area contributed by atoms with Crippen LogP contribution in [0.4, 0.5) is 27.7 Å². The molecule has 13 heteroatoms. The Hall–Kier alpha value is -4.29. The molecule has 0 aliphatic rings. The molecule has 1 aromatic carbocycles. The summed E-state index contributed by atoms with van der Waals surface area (Å²) < 4.78 is 10.2. The molecule has 182 valence electrons.